The molecule has 0 fully saturated rings. The maximum absolute atomic E-state index is 12.8. The first-order chi connectivity index (χ1) is 12.1. The van der Waals surface area contributed by atoms with E-state index in [1.807, 2.05) is 19.1 Å². The monoisotopic (exact) mass is 387 g/mol. The van der Waals surface area contributed by atoms with Crippen molar-refractivity contribution in [3.05, 3.63) is 59.7 Å². The fourth-order valence-electron chi connectivity index (χ4n) is 2.21. The summed E-state index contributed by atoms with van der Waals surface area (Å²) in [5.41, 5.74) is 5.06. The molecule has 0 aliphatic heterocycles. The fourth-order valence-corrected chi connectivity index (χ4v) is 3.92. The van der Waals surface area contributed by atoms with Crippen molar-refractivity contribution in [1.82, 2.24) is 4.72 Å². The van der Waals surface area contributed by atoms with Gasteiger partial charge in [-0.1, -0.05) is 55.4 Å². The first-order valence-electron chi connectivity index (χ1n) is 8.36. The number of aryl methyl sites for hydroxylation is 1. The van der Waals surface area contributed by atoms with E-state index < -0.39 is 24.1 Å². The molecule has 2 aromatic carbocycles. The zero-order chi connectivity index (χ0) is 19.4. The minimum atomic E-state index is -3.68. The summed E-state index contributed by atoms with van der Waals surface area (Å²) < 4.78 is 33.5. The second kappa shape index (κ2) is 8.08. The molecule has 0 aromatic heterocycles. The molecule has 0 amide bonds. The number of ether oxygens (including phenoxy) is 1. The van der Waals surface area contributed by atoms with Gasteiger partial charge in [0.05, 0.1) is 12.0 Å². The number of sulfonamides is 1. The molecule has 1 unspecified atom stereocenters. The Kier molecular flexibility index (Phi) is 6.29. The number of nitrogens with one attached hydrogen (secondary N) is 1. The summed E-state index contributed by atoms with van der Waals surface area (Å²) in [6.45, 7) is 8.29. The molecular formula is C20H25NO3SSi. The van der Waals surface area contributed by atoms with E-state index in [1.54, 1.807) is 43.5 Å². The van der Waals surface area contributed by atoms with Crippen molar-refractivity contribution < 1.29 is 13.2 Å². The minimum absolute atomic E-state index is 0.233. The van der Waals surface area contributed by atoms with Crippen LogP contribution in [0.4, 0.5) is 0 Å². The van der Waals surface area contributed by atoms with Crippen LogP contribution in [0.15, 0.2) is 53.4 Å². The third-order valence-corrected chi connectivity index (χ3v) is 5.98. The lowest BCUT2D eigenvalue weighted by molar-refractivity contribution is 0.414. The van der Waals surface area contributed by atoms with Crippen LogP contribution in [0.3, 0.4) is 0 Å². The highest BCUT2D eigenvalue weighted by Crippen LogP contribution is 2.20. The Balaban J connectivity index is 2.39. The van der Waals surface area contributed by atoms with Crippen molar-refractivity contribution in [1.29, 1.82) is 0 Å². The van der Waals surface area contributed by atoms with Crippen LogP contribution in [0.5, 0.6) is 5.75 Å². The van der Waals surface area contributed by atoms with Crippen molar-refractivity contribution in [2.24, 2.45) is 0 Å². The molecule has 0 spiro atoms. The number of methoxy groups -OCH3 is 1. The van der Waals surface area contributed by atoms with E-state index >= 15 is 0 Å². The van der Waals surface area contributed by atoms with Crippen molar-refractivity contribution in [3.63, 3.8) is 0 Å². The lowest BCUT2D eigenvalue weighted by atomic mass is 10.1. The van der Waals surface area contributed by atoms with E-state index in [-0.39, 0.29) is 4.90 Å². The quantitative estimate of drug-likeness (QED) is 0.625. The Morgan fingerprint density at radius 1 is 1.00 bits per heavy atom. The molecule has 0 aliphatic rings. The Bertz CT molecular complexity index is 903. The number of benzene rings is 2. The number of hydrogen-bond acceptors (Lipinski definition) is 3. The fraction of sp³-hybridized carbons (Fsp3) is 0.300. The molecule has 138 valence electrons. The standard InChI is InChI=1S/C20H25NO3SSi/c1-16-6-12-19(13-7-16)25(22,23)21-20(14-15-26(3,4)5)17-8-10-18(24-2)11-9-17/h6-13,20-21H,1-5H3. The van der Waals surface area contributed by atoms with Crippen LogP contribution in [0.1, 0.15) is 17.2 Å². The lowest BCUT2D eigenvalue weighted by Crippen LogP contribution is -2.28. The van der Waals surface area contributed by atoms with E-state index in [1.165, 1.54) is 0 Å². The minimum Gasteiger partial charge on any atom is -0.497 e. The summed E-state index contributed by atoms with van der Waals surface area (Å²) in [4.78, 5) is 0.233. The summed E-state index contributed by atoms with van der Waals surface area (Å²) in [6.07, 6.45) is 0. The third kappa shape index (κ3) is 5.73. The predicted octanol–water partition coefficient (Wildman–Crippen LogP) is 3.90. The van der Waals surface area contributed by atoms with E-state index in [9.17, 15) is 8.42 Å². The smallest absolute Gasteiger partial charge is 0.241 e. The first-order valence-corrected chi connectivity index (χ1v) is 13.3. The summed E-state index contributed by atoms with van der Waals surface area (Å²) in [7, 11) is -3.73. The van der Waals surface area contributed by atoms with Gasteiger partial charge in [-0.05, 0) is 36.8 Å². The maximum Gasteiger partial charge on any atom is 0.241 e. The summed E-state index contributed by atoms with van der Waals surface area (Å²) >= 11 is 0. The highest BCUT2D eigenvalue weighted by Gasteiger charge is 2.21. The van der Waals surface area contributed by atoms with Gasteiger partial charge in [0.2, 0.25) is 10.0 Å². The average Bonchev–Trinajstić information content (AvgIpc) is 2.58. The van der Waals surface area contributed by atoms with Gasteiger partial charge in [-0.25, -0.2) is 8.42 Å². The normalized spacial score (nSPS) is 12.8. The SMILES string of the molecule is COc1ccc(C(C#C[Si](C)(C)C)NS(=O)(=O)c2ccc(C)cc2)cc1. The van der Waals surface area contributed by atoms with E-state index in [0.29, 0.717) is 5.75 Å². The molecule has 0 heterocycles. The number of hydrogen-bond donors (Lipinski definition) is 1. The molecule has 0 aliphatic carbocycles. The summed E-state index contributed by atoms with van der Waals surface area (Å²) in [5, 5.41) is 0. The summed E-state index contributed by atoms with van der Waals surface area (Å²) in [5.74, 6) is 3.85. The van der Waals surface area contributed by atoms with Gasteiger partial charge in [-0.2, -0.15) is 4.72 Å². The average molecular weight is 388 g/mol. The predicted molar refractivity (Wildman–Crippen MR) is 108 cm³/mol. The van der Waals surface area contributed by atoms with Gasteiger partial charge in [-0.3, -0.25) is 0 Å². The van der Waals surface area contributed by atoms with Crippen molar-refractivity contribution in [2.45, 2.75) is 37.5 Å². The summed E-state index contributed by atoms with van der Waals surface area (Å²) in [6, 6.07) is 13.4. The zero-order valence-corrected chi connectivity index (χ0v) is 17.6. The van der Waals surface area contributed by atoms with Crippen LogP contribution in [-0.4, -0.2) is 23.6 Å². The van der Waals surface area contributed by atoms with Gasteiger partial charge < -0.3 is 4.74 Å². The van der Waals surface area contributed by atoms with Crippen molar-refractivity contribution >= 4 is 18.1 Å². The molecule has 6 heteroatoms. The largest absolute Gasteiger partial charge is 0.497 e. The highest BCUT2D eigenvalue weighted by atomic mass is 32.2. The Morgan fingerprint density at radius 3 is 2.08 bits per heavy atom. The van der Waals surface area contributed by atoms with Crippen LogP contribution in [0.2, 0.25) is 19.6 Å². The number of rotatable bonds is 5. The Morgan fingerprint density at radius 2 is 1.58 bits per heavy atom. The molecule has 0 radical (unpaired) electrons. The van der Waals surface area contributed by atoms with Crippen molar-refractivity contribution in [2.75, 3.05) is 7.11 Å². The second-order valence-electron chi connectivity index (χ2n) is 7.16. The molecule has 0 saturated heterocycles. The van der Waals surface area contributed by atoms with Crippen LogP contribution in [-0.2, 0) is 10.0 Å². The van der Waals surface area contributed by atoms with Crippen LogP contribution >= 0.6 is 0 Å². The molecule has 0 saturated carbocycles. The first kappa shape index (κ1) is 20.2. The van der Waals surface area contributed by atoms with E-state index in [2.05, 4.69) is 35.8 Å². The van der Waals surface area contributed by atoms with Gasteiger partial charge in [-0.15, -0.1) is 5.54 Å². The Labute approximate surface area is 157 Å². The highest BCUT2D eigenvalue weighted by molar-refractivity contribution is 7.89. The van der Waals surface area contributed by atoms with Gasteiger partial charge in [0.25, 0.3) is 0 Å². The molecule has 1 atom stereocenters. The third-order valence-electron chi connectivity index (χ3n) is 3.64. The molecule has 26 heavy (non-hydrogen) atoms. The zero-order valence-electron chi connectivity index (χ0n) is 15.8. The molecule has 2 rings (SSSR count). The van der Waals surface area contributed by atoms with Gasteiger partial charge in [0, 0.05) is 0 Å². The van der Waals surface area contributed by atoms with Crippen LogP contribution < -0.4 is 9.46 Å². The van der Waals surface area contributed by atoms with Gasteiger partial charge in [0.15, 0.2) is 0 Å². The molecule has 4 nitrogen and oxygen atoms in total. The maximum atomic E-state index is 12.8. The van der Waals surface area contributed by atoms with Crippen LogP contribution in [0.25, 0.3) is 0 Å². The molecule has 1 N–H and O–H groups in total. The van der Waals surface area contributed by atoms with E-state index in [4.69, 9.17) is 4.74 Å². The van der Waals surface area contributed by atoms with Crippen molar-refractivity contribution in [3.8, 4) is 17.2 Å². The molecule has 2 aromatic rings. The topological polar surface area (TPSA) is 55.4 Å². The van der Waals surface area contributed by atoms with Gasteiger partial charge >= 0.3 is 0 Å². The molecule has 0 bridgehead atoms. The second-order valence-corrected chi connectivity index (χ2v) is 13.6. The Hall–Kier alpha value is -2.07. The van der Waals surface area contributed by atoms with Crippen LogP contribution in [0, 0.1) is 18.4 Å². The van der Waals surface area contributed by atoms with E-state index in [0.717, 1.165) is 11.1 Å². The lowest BCUT2D eigenvalue weighted by Gasteiger charge is -2.16. The molecular weight excluding hydrogens is 362 g/mol. The van der Waals surface area contributed by atoms with Gasteiger partial charge in [0.1, 0.15) is 19.9 Å².